The minimum absolute atomic E-state index is 0.0658. The molecule has 5 rings (SSSR count). The van der Waals surface area contributed by atoms with Crippen LogP contribution in [0.4, 0.5) is 10.2 Å². The number of benzene rings is 3. The third-order valence-corrected chi connectivity index (χ3v) is 6.72. The molecule has 0 unspecified atom stereocenters. The highest BCUT2D eigenvalue weighted by Gasteiger charge is 2.25. The van der Waals surface area contributed by atoms with Crippen molar-refractivity contribution in [1.82, 2.24) is 19.9 Å². The van der Waals surface area contributed by atoms with Crippen LogP contribution in [0.15, 0.2) is 77.7 Å². The number of nitrogens with zero attached hydrogens (tertiary/aromatic N) is 3. The SMILES string of the molecule is Nc1c(C(=O)NCCc2ccccc2F)c2nc3ccccc3nc2n1-c1ccc(S(N)(=O)=O)cc1. The van der Waals surface area contributed by atoms with E-state index in [1.807, 2.05) is 12.1 Å². The number of nitrogens with one attached hydrogen (secondary N) is 1. The van der Waals surface area contributed by atoms with Crippen LogP contribution in [0, 0.1) is 5.82 Å². The lowest BCUT2D eigenvalue weighted by molar-refractivity contribution is 0.0956. The number of anilines is 1. The molecule has 0 aliphatic carbocycles. The first-order chi connectivity index (χ1) is 17.2. The Balaban J connectivity index is 1.58. The Morgan fingerprint density at radius 3 is 2.25 bits per heavy atom. The molecule has 5 aromatic rings. The zero-order chi connectivity index (χ0) is 25.4. The van der Waals surface area contributed by atoms with Crippen molar-refractivity contribution in [2.75, 3.05) is 12.3 Å². The van der Waals surface area contributed by atoms with Gasteiger partial charge >= 0.3 is 0 Å². The van der Waals surface area contributed by atoms with Gasteiger partial charge in [0, 0.05) is 12.2 Å². The number of primary sulfonamides is 1. The quantitative estimate of drug-likeness (QED) is 0.324. The lowest BCUT2D eigenvalue weighted by Gasteiger charge is -2.09. The average Bonchev–Trinajstić information content (AvgIpc) is 3.13. The highest BCUT2D eigenvalue weighted by atomic mass is 32.2. The second-order valence-electron chi connectivity index (χ2n) is 8.12. The van der Waals surface area contributed by atoms with E-state index in [0.29, 0.717) is 34.4 Å². The number of sulfonamides is 1. The maximum atomic E-state index is 14.0. The Bertz CT molecular complexity index is 1730. The number of hydrogen-bond acceptors (Lipinski definition) is 6. The summed E-state index contributed by atoms with van der Waals surface area (Å²) >= 11 is 0. The topological polar surface area (TPSA) is 146 Å². The van der Waals surface area contributed by atoms with Gasteiger partial charge in [0.05, 0.1) is 15.9 Å². The summed E-state index contributed by atoms with van der Waals surface area (Å²) < 4.78 is 38.8. The van der Waals surface area contributed by atoms with Gasteiger partial charge < -0.3 is 11.1 Å². The first-order valence-electron chi connectivity index (χ1n) is 11.0. The van der Waals surface area contributed by atoms with Crippen LogP contribution >= 0.6 is 0 Å². The highest BCUT2D eigenvalue weighted by molar-refractivity contribution is 7.89. The number of nitrogen functional groups attached to an aromatic ring is 1. The summed E-state index contributed by atoms with van der Waals surface area (Å²) in [6, 6.07) is 19.3. The number of carbonyl (C=O) groups is 1. The molecule has 9 nitrogen and oxygen atoms in total. The van der Waals surface area contributed by atoms with Crippen molar-refractivity contribution in [3.8, 4) is 5.69 Å². The number of rotatable bonds is 6. The van der Waals surface area contributed by atoms with Crippen molar-refractivity contribution < 1.29 is 17.6 Å². The lowest BCUT2D eigenvalue weighted by Crippen LogP contribution is -2.26. The lowest BCUT2D eigenvalue weighted by atomic mass is 10.1. The number of nitrogens with two attached hydrogens (primary N) is 2. The number of para-hydroxylation sites is 2. The maximum absolute atomic E-state index is 14.0. The van der Waals surface area contributed by atoms with Gasteiger partial charge in [-0.05, 0) is 54.4 Å². The molecule has 182 valence electrons. The summed E-state index contributed by atoms with van der Waals surface area (Å²) in [5, 5.41) is 8.00. The first-order valence-corrected chi connectivity index (χ1v) is 12.5. The summed E-state index contributed by atoms with van der Waals surface area (Å²) in [6.45, 7) is 0.177. The van der Waals surface area contributed by atoms with Crippen molar-refractivity contribution >= 4 is 43.9 Å². The Morgan fingerprint density at radius 1 is 0.944 bits per heavy atom. The van der Waals surface area contributed by atoms with Gasteiger partial charge in [-0.15, -0.1) is 0 Å². The van der Waals surface area contributed by atoms with E-state index in [2.05, 4.69) is 15.3 Å². The molecule has 0 bridgehead atoms. The van der Waals surface area contributed by atoms with E-state index in [0.717, 1.165) is 0 Å². The molecule has 5 N–H and O–H groups in total. The molecule has 0 fully saturated rings. The fourth-order valence-corrected chi connectivity index (χ4v) is 4.55. The molecule has 0 aliphatic rings. The van der Waals surface area contributed by atoms with Crippen molar-refractivity contribution in [2.24, 2.45) is 5.14 Å². The summed E-state index contributed by atoms with van der Waals surface area (Å²) in [4.78, 5) is 22.5. The van der Waals surface area contributed by atoms with Crippen LogP contribution in [0.25, 0.3) is 27.9 Å². The van der Waals surface area contributed by atoms with Crippen LogP contribution in [-0.4, -0.2) is 35.4 Å². The molecule has 0 saturated carbocycles. The molecule has 3 aromatic carbocycles. The molecule has 36 heavy (non-hydrogen) atoms. The fraction of sp³-hybridized carbons (Fsp3) is 0.0800. The smallest absolute Gasteiger partial charge is 0.257 e. The van der Waals surface area contributed by atoms with Crippen molar-refractivity contribution in [1.29, 1.82) is 0 Å². The largest absolute Gasteiger partial charge is 0.384 e. The molecule has 0 saturated heterocycles. The van der Waals surface area contributed by atoms with E-state index >= 15 is 0 Å². The second kappa shape index (κ2) is 9.02. The van der Waals surface area contributed by atoms with E-state index in [-0.39, 0.29) is 34.2 Å². The van der Waals surface area contributed by atoms with Gasteiger partial charge in [0.1, 0.15) is 22.7 Å². The third-order valence-electron chi connectivity index (χ3n) is 5.79. The van der Waals surface area contributed by atoms with Crippen molar-refractivity contribution in [3.63, 3.8) is 0 Å². The number of fused-ring (bicyclic) bond motifs is 2. The molecule has 2 heterocycles. The van der Waals surface area contributed by atoms with Crippen LogP contribution in [0.3, 0.4) is 0 Å². The van der Waals surface area contributed by atoms with E-state index < -0.39 is 15.9 Å². The summed E-state index contributed by atoms with van der Waals surface area (Å²) in [5.74, 6) is -0.756. The normalized spacial score (nSPS) is 11.7. The molecule has 11 heteroatoms. The molecular formula is C25H21FN6O3S. The van der Waals surface area contributed by atoms with E-state index in [1.165, 1.54) is 34.9 Å². The number of aromatic nitrogens is 3. The Hall–Kier alpha value is -4.35. The van der Waals surface area contributed by atoms with Crippen molar-refractivity contribution in [3.05, 3.63) is 89.7 Å². The molecule has 1 amide bonds. The zero-order valence-electron chi connectivity index (χ0n) is 18.8. The number of carbonyl (C=O) groups excluding carboxylic acids is 1. The molecule has 0 aliphatic heterocycles. The van der Waals surface area contributed by atoms with Gasteiger partial charge in [0.15, 0.2) is 5.65 Å². The summed E-state index contributed by atoms with van der Waals surface area (Å²) in [5.41, 5.74) is 9.31. The first kappa shape index (κ1) is 23.4. The molecule has 0 atom stereocenters. The van der Waals surface area contributed by atoms with Crippen LogP contribution < -0.4 is 16.2 Å². The monoisotopic (exact) mass is 504 g/mol. The Labute approximate surface area is 205 Å². The number of halogens is 1. The molecular weight excluding hydrogens is 483 g/mol. The van der Waals surface area contributed by atoms with Crippen LogP contribution in [0.2, 0.25) is 0 Å². The van der Waals surface area contributed by atoms with E-state index in [4.69, 9.17) is 10.9 Å². The summed E-state index contributed by atoms with van der Waals surface area (Å²) in [7, 11) is -3.89. The predicted octanol–water partition coefficient (Wildman–Crippen LogP) is 2.91. The molecule has 0 spiro atoms. The molecule has 2 aromatic heterocycles. The van der Waals surface area contributed by atoms with Crippen molar-refractivity contribution in [2.45, 2.75) is 11.3 Å². The standard InChI is InChI=1S/C25H21FN6O3S/c26-18-6-2-1-5-15(18)13-14-29-25(33)21-22-24(31-20-8-4-3-7-19(20)30-22)32(23(21)27)16-9-11-17(12-10-16)36(28,34)35/h1-12H,13-14,27H2,(H,29,33)(H2,28,34,35). The number of hydrogen-bond donors (Lipinski definition) is 3. The van der Waals surface area contributed by atoms with Gasteiger partial charge in [0.25, 0.3) is 5.91 Å². The zero-order valence-corrected chi connectivity index (χ0v) is 19.7. The van der Waals surface area contributed by atoms with Crippen LogP contribution in [-0.2, 0) is 16.4 Å². The summed E-state index contributed by atoms with van der Waals surface area (Å²) in [6.07, 6.45) is 0.292. The fourth-order valence-electron chi connectivity index (χ4n) is 4.03. The number of amides is 1. The highest BCUT2D eigenvalue weighted by Crippen LogP contribution is 2.31. The average molecular weight is 505 g/mol. The van der Waals surface area contributed by atoms with Crippen LogP contribution in [0.5, 0.6) is 0 Å². The van der Waals surface area contributed by atoms with Gasteiger partial charge in [0.2, 0.25) is 10.0 Å². The molecule has 0 radical (unpaired) electrons. The minimum atomic E-state index is -3.89. The van der Waals surface area contributed by atoms with Crippen LogP contribution in [0.1, 0.15) is 15.9 Å². The second-order valence-corrected chi connectivity index (χ2v) is 9.68. The minimum Gasteiger partial charge on any atom is -0.384 e. The van der Waals surface area contributed by atoms with E-state index in [9.17, 15) is 17.6 Å². The van der Waals surface area contributed by atoms with Gasteiger partial charge in [-0.3, -0.25) is 9.36 Å². The van der Waals surface area contributed by atoms with E-state index in [1.54, 1.807) is 30.3 Å². The Morgan fingerprint density at radius 2 is 1.58 bits per heavy atom. The predicted molar refractivity (Wildman–Crippen MR) is 135 cm³/mol. The third kappa shape index (κ3) is 4.25. The van der Waals surface area contributed by atoms with Gasteiger partial charge in [-0.2, -0.15) is 0 Å². The Kier molecular flexibility index (Phi) is 5.86. The van der Waals surface area contributed by atoms with Gasteiger partial charge in [-0.1, -0.05) is 30.3 Å². The maximum Gasteiger partial charge on any atom is 0.257 e. The van der Waals surface area contributed by atoms with Gasteiger partial charge in [-0.25, -0.2) is 27.9 Å².